The Morgan fingerprint density at radius 1 is 1.37 bits per heavy atom. The van der Waals surface area contributed by atoms with Gasteiger partial charge in [0.25, 0.3) is 0 Å². The van der Waals surface area contributed by atoms with Gasteiger partial charge >= 0.3 is 0 Å². The van der Waals surface area contributed by atoms with Gasteiger partial charge in [0.05, 0.1) is 12.2 Å². The third kappa shape index (κ3) is 3.24. The van der Waals surface area contributed by atoms with Crippen LogP contribution in [-0.2, 0) is 6.54 Å². The highest BCUT2D eigenvalue weighted by Gasteiger charge is 2.13. The molecule has 0 aliphatic heterocycles. The van der Waals surface area contributed by atoms with Crippen LogP contribution in [0.3, 0.4) is 0 Å². The standard InChI is InChI=1S/C14H20N4O/c1-10(2)13-14(15)16-17-18(13)7-8-19-12-6-4-5-11(3)9-12/h4-6,9-10H,7-8,15H2,1-3H3. The van der Waals surface area contributed by atoms with E-state index < -0.39 is 0 Å². The van der Waals surface area contributed by atoms with Crippen molar-refractivity contribution in [3.63, 3.8) is 0 Å². The number of anilines is 1. The van der Waals surface area contributed by atoms with Crippen LogP contribution in [-0.4, -0.2) is 21.6 Å². The second-order valence-corrected chi connectivity index (χ2v) is 4.90. The molecule has 0 amide bonds. The van der Waals surface area contributed by atoms with E-state index in [-0.39, 0.29) is 0 Å². The largest absolute Gasteiger partial charge is 0.492 e. The van der Waals surface area contributed by atoms with E-state index in [9.17, 15) is 0 Å². The second kappa shape index (κ2) is 5.73. The Morgan fingerprint density at radius 2 is 2.16 bits per heavy atom. The summed E-state index contributed by atoms with van der Waals surface area (Å²) in [7, 11) is 0. The molecule has 0 aliphatic carbocycles. The molecule has 0 saturated heterocycles. The molecule has 19 heavy (non-hydrogen) atoms. The summed E-state index contributed by atoms with van der Waals surface area (Å²) in [6.07, 6.45) is 0. The molecule has 1 heterocycles. The van der Waals surface area contributed by atoms with Gasteiger partial charge in [-0.05, 0) is 30.5 Å². The first-order valence-electron chi connectivity index (χ1n) is 6.46. The van der Waals surface area contributed by atoms with E-state index in [0.29, 0.717) is 24.9 Å². The molecule has 0 radical (unpaired) electrons. The summed E-state index contributed by atoms with van der Waals surface area (Å²) >= 11 is 0. The van der Waals surface area contributed by atoms with Crippen molar-refractivity contribution >= 4 is 5.82 Å². The van der Waals surface area contributed by atoms with E-state index in [4.69, 9.17) is 10.5 Å². The summed E-state index contributed by atoms with van der Waals surface area (Å²) in [6.45, 7) is 7.39. The Labute approximate surface area is 113 Å². The van der Waals surface area contributed by atoms with Gasteiger partial charge in [0.2, 0.25) is 0 Å². The van der Waals surface area contributed by atoms with Crippen molar-refractivity contribution in [2.45, 2.75) is 33.2 Å². The average Bonchev–Trinajstić information content (AvgIpc) is 2.71. The molecule has 1 aromatic carbocycles. The first-order valence-corrected chi connectivity index (χ1v) is 6.46. The van der Waals surface area contributed by atoms with Crippen LogP contribution in [0.25, 0.3) is 0 Å². The van der Waals surface area contributed by atoms with E-state index in [2.05, 4.69) is 24.2 Å². The summed E-state index contributed by atoms with van der Waals surface area (Å²) in [5.41, 5.74) is 7.96. The number of nitrogens with two attached hydrogens (primary N) is 1. The third-order valence-corrected chi connectivity index (χ3v) is 2.91. The van der Waals surface area contributed by atoms with Crippen LogP contribution in [0.2, 0.25) is 0 Å². The Hall–Kier alpha value is -2.04. The number of nitrogen functional groups attached to an aromatic ring is 1. The van der Waals surface area contributed by atoms with Crippen LogP contribution >= 0.6 is 0 Å². The van der Waals surface area contributed by atoms with Gasteiger partial charge in [-0.25, -0.2) is 4.68 Å². The molecule has 0 atom stereocenters. The van der Waals surface area contributed by atoms with Crippen LogP contribution in [0.1, 0.15) is 31.0 Å². The predicted molar refractivity (Wildman–Crippen MR) is 75.2 cm³/mol. The maximum atomic E-state index is 5.81. The van der Waals surface area contributed by atoms with Crippen LogP contribution in [0.4, 0.5) is 5.82 Å². The third-order valence-electron chi connectivity index (χ3n) is 2.91. The van der Waals surface area contributed by atoms with Crippen molar-refractivity contribution in [2.75, 3.05) is 12.3 Å². The van der Waals surface area contributed by atoms with Gasteiger partial charge < -0.3 is 10.5 Å². The van der Waals surface area contributed by atoms with Gasteiger partial charge in [0.1, 0.15) is 12.4 Å². The lowest BCUT2D eigenvalue weighted by molar-refractivity contribution is 0.286. The van der Waals surface area contributed by atoms with Gasteiger partial charge in [-0.2, -0.15) is 0 Å². The topological polar surface area (TPSA) is 66.0 Å². The number of nitrogens with zero attached hydrogens (tertiary/aromatic N) is 3. The minimum Gasteiger partial charge on any atom is -0.492 e. The zero-order valence-corrected chi connectivity index (χ0v) is 11.6. The van der Waals surface area contributed by atoms with Gasteiger partial charge in [-0.15, -0.1) is 5.10 Å². The smallest absolute Gasteiger partial charge is 0.169 e. The number of hydrogen-bond donors (Lipinski definition) is 1. The Balaban J connectivity index is 1.96. The number of aryl methyl sites for hydroxylation is 1. The van der Waals surface area contributed by atoms with E-state index in [1.54, 1.807) is 0 Å². The lowest BCUT2D eigenvalue weighted by atomic mass is 10.1. The van der Waals surface area contributed by atoms with Crippen molar-refractivity contribution < 1.29 is 4.74 Å². The summed E-state index contributed by atoms with van der Waals surface area (Å²) < 4.78 is 7.52. The number of aromatic nitrogens is 3. The van der Waals surface area contributed by atoms with E-state index >= 15 is 0 Å². The molecular formula is C14H20N4O. The minimum absolute atomic E-state index is 0.300. The summed E-state index contributed by atoms with van der Waals surface area (Å²) in [5.74, 6) is 1.68. The average molecular weight is 260 g/mol. The fraction of sp³-hybridized carbons (Fsp3) is 0.429. The van der Waals surface area contributed by atoms with Crippen molar-refractivity contribution in [1.29, 1.82) is 0 Å². The lowest BCUT2D eigenvalue weighted by Crippen LogP contribution is -2.13. The van der Waals surface area contributed by atoms with Crippen molar-refractivity contribution in [3.8, 4) is 5.75 Å². The molecular weight excluding hydrogens is 240 g/mol. The molecule has 2 aromatic rings. The van der Waals surface area contributed by atoms with Crippen LogP contribution < -0.4 is 10.5 Å². The Kier molecular flexibility index (Phi) is 4.04. The molecule has 0 bridgehead atoms. The van der Waals surface area contributed by atoms with Crippen molar-refractivity contribution in [2.24, 2.45) is 0 Å². The zero-order valence-electron chi connectivity index (χ0n) is 11.6. The first kappa shape index (κ1) is 13.4. The molecule has 2 N–H and O–H groups in total. The number of benzene rings is 1. The first-order chi connectivity index (χ1) is 9.08. The molecule has 5 heteroatoms. The van der Waals surface area contributed by atoms with Crippen molar-refractivity contribution in [3.05, 3.63) is 35.5 Å². The molecule has 0 spiro atoms. The number of ether oxygens (including phenoxy) is 1. The summed E-state index contributed by atoms with van der Waals surface area (Å²) in [5, 5.41) is 7.96. The maximum absolute atomic E-state index is 5.81. The molecule has 1 aromatic heterocycles. The Morgan fingerprint density at radius 3 is 2.84 bits per heavy atom. The Bertz CT molecular complexity index is 548. The van der Waals surface area contributed by atoms with Gasteiger partial charge in [-0.1, -0.05) is 31.2 Å². The normalized spacial score (nSPS) is 10.9. The van der Waals surface area contributed by atoms with Gasteiger partial charge in [0.15, 0.2) is 5.82 Å². The monoisotopic (exact) mass is 260 g/mol. The molecule has 0 saturated carbocycles. The minimum atomic E-state index is 0.300. The molecule has 0 unspecified atom stereocenters. The fourth-order valence-electron chi connectivity index (χ4n) is 2.05. The summed E-state index contributed by atoms with van der Waals surface area (Å²) in [6, 6.07) is 7.99. The highest BCUT2D eigenvalue weighted by molar-refractivity contribution is 5.35. The lowest BCUT2D eigenvalue weighted by Gasteiger charge is -2.11. The van der Waals surface area contributed by atoms with Crippen molar-refractivity contribution in [1.82, 2.24) is 15.0 Å². The molecule has 5 nitrogen and oxygen atoms in total. The SMILES string of the molecule is Cc1cccc(OCCn2nnc(N)c2C(C)C)c1. The maximum Gasteiger partial charge on any atom is 0.169 e. The predicted octanol–water partition coefficient (Wildman–Crippen LogP) is 2.37. The van der Waals surface area contributed by atoms with Gasteiger partial charge in [-0.3, -0.25) is 0 Å². The van der Waals surface area contributed by atoms with Crippen LogP contribution in [0.5, 0.6) is 5.75 Å². The quantitative estimate of drug-likeness (QED) is 0.896. The summed E-state index contributed by atoms with van der Waals surface area (Å²) in [4.78, 5) is 0. The molecule has 0 aliphatic rings. The second-order valence-electron chi connectivity index (χ2n) is 4.90. The number of rotatable bonds is 5. The van der Waals surface area contributed by atoms with Crippen LogP contribution in [0, 0.1) is 6.92 Å². The highest BCUT2D eigenvalue weighted by atomic mass is 16.5. The number of hydrogen-bond acceptors (Lipinski definition) is 4. The zero-order chi connectivity index (χ0) is 13.8. The molecule has 2 rings (SSSR count). The fourth-order valence-corrected chi connectivity index (χ4v) is 2.05. The molecule has 102 valence electrons. The van der Waals surface area contributed by atoms with Gasteiger partial charge in [0, 0.05) is 0 Å². The van der Waals surface area contributed by atoms with E-state index in [1.807, 2.05) is 35.9 Å². The molecule has 0 fully saturated rings. The highest BCUT2D eigenvalue weighted by Crippen LogP contribution is 2.19. The van der Waals surface area contributed by atoms with E-state index in [0.717, 1.165) is 11.4 Å². The van der Waals surface area contributed by atoms with E-state index in [1.165, 1.54) is 5.56 Å². The van der Waals surface area contributed by atoms with Crippen LogP contribution in [0.15, 0.2) is 24.3 Å².